The first-order valence-electron chi connectivity index (χ1n) is 7.27. The zero-order valence-corrected chi connectivity index (χ0v) is 13.8. The molecule has 0 aliphatic carbocycles. The van der Waals surface area contributed by atoms with Gasteiger partial charge >= 0.3 is 0 Å². The van der Waals surface area contributed by atoms with Gasteiger partial charge in [0.1, 0.15) is 17.1 Å². The van der Waals surface area contributed by atoms with Gasteiger partial charge in [0.2, 0.25) is 0 Å². The minimum Gasteiger partial charge on any atom is -0.294 e. The van der Waals surface area contributed by atoms with E-state index in [9.17, 15) is 19.2 Å². The lowest BCUT2D eigenvalue weighted by molar-refractivity contribution is 0.0995. The Morgan fingerprint density at radius 3 is 1.62 bits per heavy atom. The van der Waals surface area contributed by atoms with Gasteiger partial charge in [-0.25, -0.2) is 4.98 Å². The molecule has 6 nitrogen and oxygen atoms in total. The maximum atomic E-state index is 11.9. The highest BCUT2D eigenvalue weighted by molar-refractivity contribution is 6.04. The van der Waals surface area contributed by atoms with E-state index in [1.807, 2.05) is 0 Å². The molecule has 0 radical (unpaired) electrons. The third-order valence-electron chi connectivity index (χ3n) is 3.50. The van der Waals surface area contributed by atoms with Crippen LogP contribution in [0.25, 0.3) is 11.1 Å². The van der Waals surface area contributed by atoms with E-state index >= 15 is 0 Å². The first kappa shape index (κ1) is 17.3. The van der Waals surface area contributed by atoms with Gasteiger partial charge in [0.15, 0.2) is 23.1 Å². The standard InChI is InChI=1S/C18H16N2O4/c1-9(21)15-8-19-16(10(2)22)7-14(15)13-5-17(11(3)23)20-18(6-13)12(4)24/h5-8H,1-4H3. The van der Waals surface area contributed by atoms with E-state index in [0.717, 1.165) is 0 Å². The topological polar surface area (TPSA) is 94.1 Å². The van der Waals surface area contributed by atoms with Crippen LogP contribution in [-0.4, -0.2) is 33.1 Å². The molecule has 0 aliphatic rings. The summed E-state index contributed by atoms with van der Waals surface area (Å²) in [4.78, 5) is 54.9. The Morgan fingerprint density at radius 1 is 0.708 bits per heavy atom. The molecule has 2 aromatic rings. The van der Waals surface area contributed by atoms with Crippen molar-refractivity contribution in [3.63, 3.8) is 0 Å². The number of pyridine rings is 2. The second kappa shape index (κ2) is 6.62. The largest absolute Gasteiger partial charge is 0.294 e. The van der Waals surface area contributed by atoms with Crippen LogP contribution in [0.5, 0.6) is 0 Å². The van der Waals surface area contributed by atoms with E-state index in [1.54, 1.807) is 0 Å². The van der Waals surface area contributed by atoms with Crippen LogP contribution < -0.4 is 0 Å². The number of nitrogens with zero attached hydrogens (tertiary/aromatic N) is 2. The fraction of sp³-hybridized carbons (Fsp3) is 0.222. The Kier molecular flexibility index (Phi) is 4.78. The van der Waals surface area contributed by atoms with Gasteiger partial charge in [-0.15, -0.1) is 0 Å². The lowest BCUT2D eigenvalue weighted by Crippen LogP contribution is -2.07. The van der Waals surface area contributed by atoms with Crippen LogP contribution >= 0.6 is 0 Å². The summed E-state index contributed by atoms with van der Waals surface area (Å²) in [5.74, 6) is -1.09. The lowest BCUT2D eigenvalue weighted by Gasteiger charge is -2.11. The van der Waals surface area contributed by atoms with Gasteiger partial charge in [0.25, 0.3) is 0 Å². The first-order chi connectivity index (χ1) is 11.2. The number of rotatable bonds is 5. The SMILES string of the molecule is CC(=O)c1cc(-c2cc(C(C)=O)nc(C(C)=O)c2)c(C(C)=O)cn1. The van der Waals surface area contributed by atoms with Gasteiger partial charge in [0, 0.05) is 32.5 Å². The summed E-state index contributed by atoms with van der Waals surface area (Å²) >= 11 is 0. The predicted molar refractivity (Wildman–Crippen MR) is 87.5 cm³/mol. The molecule has 2 aromatic heterocycles. The zero-order valence-electron chi connectivity index (χ0n) is 13.8. The second-order valence-electron chi connectivity index (χ2n) is 5.47. The number of Topliss-reactive ketones (excluding diaryl/α,β-unsaturated/α-hetero) is 4. The molecule has 0 amide bonds. The zero-order chi connectivity index (χ0) is 18.0. The summed E-state index contributed by atoms with van der Waals surface area (Å²) < 4.78 is 0. The molecule has 0 saturated carbocycles. The van der Waals surface area contributed by atoms with Gasteiger partial charge in [-0.05, 0) is 36.2 Å². The molecule has 0 saturated heterocycles. The molecule has 0 aliphatic heterocycles. The molecule has 0 fully saturated rings. The van der Waals surface area contributed by atoms with E-state index in [1.165, 1.54) is 52.1 Å². The molecule has 0 bridgehead atoms. The highest BCUT2D eigenvalue weighted by atomic mass is 16.1. The summed E-state index contributed by atoms with van der Waals surface area (Å²) in [5.41, 5.74) is 1.64. The van der Waals surface area contributed by atoms with Crippen LogP contribution in [0.15, 0.2) is 24.4 Å². The average molecular weight is 324 g/mol. The number of carbonyl (C=O) groups is 4. The van der Waals surface area contributed by atoms with E-state index in [-0.39, 0.29) is 40.2 Å². The summed E-state index contributed by atoms with van der Waals surface area (Å²) in [6.45, 7) is 5.44. The second-order valence-corrected chi connectivity index (χ2v) is 5.47. The van der Waals surface area contributed by atoms with Gasteiger partial charge in [-0.2, -0.15) is 0 Å². The molecule has 2 rings (SSSR count). The van der Waals surface area contributed by atoms with E-state index in [2.05, 4.69) is 9.97 Å². The number of hydrogen-bond acceptors (Lipinski definition) is 6. The van der Waals surface area contributed by atoms with Crippen molar-refractivity contribution in [3.8, 4) is 11.1 Å². The molecule has 0 atom stereocenters. The highest BCUT2D eigenvalue weighted by Crippen LogP contribution is 2.26. The predicted octanol–water partition coefficient (Wildman–Crippen LogP) is 2.95. The molecule has 122 valence electrons. The van der Waals surface area contributed by atoms with Crippen molar-refractivity contribution in [2.75, 3.05) is 0 Å². The molecule has 0 aromatic carbocycles. The number of carbonyl (C=O) groups excluding carboxylic acids is 4. The maximum absolute atomic E-state index is 11.9. The first-order valence-corrected chi connectivity index (χ1v) is 7.27. The average Bonchev–Trinajstić information content (AvgIpc) is 2.53. The monoisotopic (exact) mass is 324 g/mol. The van der Waals surface area contributed by atoms with Gasteiger partial charge in [0.05, 0.1) is 0 Å². The normalized spacial score (nSPS) is 10.3. The summed E-state index contributed by atoms with van der Waals surface area (Å²) in [6.07, 6.45) is 1.33. The maximum Gasteiger partial charge on any atom is 0.178 e. The van der Waals surface area contributed by atoms with Crippen LogP contribution in [0.2, 0.25) is 0 Å². The quantitative estimate of drug-likeness (QED) is 0.785. The van der Waals surface area contributed by atoms with E-state index in [0.29, 0.717) is 16.7 Å². The molecular formula is C18H16N2O4. The Bertz CT molecular complexity index is 852. The van der Waals surface area contributed by atoms with Crippen LogP contribution in [-0.2, 0) is 0 Å². The van der Waals surface area contributed by atoms with Crippen molar-refractivity contribution < 1.29 is 19.2 Å². The van der Waals surface area contributed by atoms with Crippen LogP contribution in [0.1, 0.15) is 69.5 Å². The van der Waals surface area contributed by atoms with E-state index in [4.69, 9.17) is 0 Å². The lowest BCUT2D eigenvalue weighted by atomic mass is 9.96. The number of hydrogen-bond donors (Lipinski definition) is 0. The van der Waals surface area contributed by atoms with E-state index < -0.39 is 0 Å². The van der Waals surface area contributed by atoms with Crippen molar-refractivity contribution in [2.24, 2.45) is 0 Å². The summed E-state index contributed by atoms with van der Waals surface area (Å²) in [5, 5.41) is 0. The molecule has 0 N–H and O–H groups in total. The molecule has 6 heteroatoms. The van der Waals surface area contributed by atoms with Crippen LogP contribution in [0, 0.1) is 0 Å². The van der Waals surface area contributed by atoms with Crippen molar-refractivity contribution in [1.29, 1.82) is 0 Å². The van der Waals surface area contributed by atoms with Crippen molar-refractivity contribution in [3.05, 3.63) is 47.0 Å². The van der Waals surface area contributed by atoms with Gasteiger partial charge in [-0.1, -0.05) is 0 Å². The van der Waals surface area contributed by atoms with Crippen molar-refractivity contribution in [1.82, 2.24) is 9.97 Å². The minimum absolute atomic E-state index is 0.119. The molecule has 2 heterocycles. The number of aromatic nitrogens is 2. The van der Waals surface area contributed by atoms with Crippen molar-refractivity contribution in [2.45, 2.75) is 27.7 Å². The Hall–Kier alpha value is -3.02. The summed E-state index contributed by atoms with van der Waals surface area (Å²) in [7, 11) is 0. The van der Waals surface area contributed by atoms with Crippen LogP contribution in [0.3, 0.4) is 0 Å². The molecule has 0 spiro atoms. The fourth-order valence-electron chi connectivity index (χ4n) is 2.21. The third kappa shape index (κ3) is 3.48. The van der Waals surface area contributed by atoms with Crippen molar-refractivity contribution >= 4 is 23.1 Å². The molecule has 24 heavy (non-hydrogen) atoms. The Labute approximate surface area is 138 Å². The Morgan fingerprint density at radius 2 is 1.21 bits per heavy atom. The fourth-order valence-corrected chi connectivity index (χ4v) is 2.21. The highest BCUT2D eigenvalue weighted by Gasteiger charge is 2.17. The Balaban J connectivity index is 2.80. The van der Waals surface area contributed by atoms with Crippen LogP contribution in [0.4, 0.5) is 0 Å². The van der Waals surface area contributed by atoms with Gasteiger partial charge < -0.3 is 0 Å². The third-order valence-corrected chi connectivity index (χ3v) is 3.50. The molecule has 0 unspecified atom stereocenters. The van der Waals surface area contributed by atoms with Gasteiger partial charge in [-0.3, -0.25) is 24.2 Å². The smallest absolute Gasteiger partial charge is 0.178 e. The number of ketones is 4. The minimum atomic E-state index is -0.301. The molecular weight excluding hydrogens is 308 g/mol. The summed E-state index contributed by atoms with van der Waals surface area (Å²) in [6, 6.07) is 4.49.